The van der Waals surface area contributed by atoms with Gasteiger partial charge in [-0.1, -0.05) is 30.7 Å². The number of nitrogens with one attached hydrogen (secondary N) is 2. The van der Waals surface area contributed by atoms with Crippen LogP contribution < -0.4 is 10.6 Å². The fourth-order valence-corrected chi connectivity index (χ4v) is 2.62. The van der Waals surface area contributed by atoms with E-state index >= 15 is 0 Å². The van der Waals surface area contributed by atoms with Crippen LogP contribution in [-0.2, 0) is 6.54 Å². The zero-order chi connectivity index (χ0) is 15.1. The third-order valence-electron chi connectivity index (χ3n) is 3.73. The molecule has 0 unspecified atom stereocenters. The zero-order valence-electron chi connectivity index (χ0n) is 12.9. The minimum absolute atomic E-state index is 0.723. The molecule has 0 atom stereocenters. The van der Waals surface area contributed by atoms with Crippen LogP contribution in [0.25, 0.3) is 0 Å². The van der Waals surface area contributed by atoms with E-state index in [0.717, 1.165) is 48.8 Å². The maximum atomic E-state index is 5.98. The molecule has 2 N–H and O–H groups in total. The van der Waals surface area contributed by atoms with Crippen molar-refractivity contribution >= 4 is 17.6 Å². The van der Waals surface area contributed by atoms with Crippen LogP contribution in [0, 0.1) is 0 Å². The molecule has 116 valence electrons. The van der Waals surface area contributed by atoms with Crippen LogP contribution in [0.1, 0.15) is 25.3 Å². The van der Waals surface area contributed by atoms with Gasteiger partial charge in [0.05, 0.1) is 0 Å². The van der Waals surface area contributed by atoms with Gasteiger partial charge in [0.2, 0.25) is 0 Å². The van der Waals surface area contributed by atoms with Gasteiger partial charge in [0.15, 0.2) is 5.96 Å². The fraction of sp³-hybridized carbons (Fsp3) is 0.562. The van der Waals surface area contributed by atoms with Crippen molar-refractivity contribution in [3.05, 3.63) is 34.9 Å². The minimum Gasteiger partial charge on any atom is -0.355 e. The molecule has 1 aromatic rings. The molecule has 2 rings (SSSR count). The van der Waals surface area contributed by atoms with E-state index in [9.17, 15) is 0 Å². The molecule has 1 fully saturated rings. The summed E-state index contributed by atoms with van der Waals surface area (Å²) >= 11 is 5.98. The molecule has 0 spiro atoms. The Hall–Kier alpha value is -1.26. The van der Waals surface area contributed by atoms with Gasteiger partial charge < -0.3 is 10.6 Å². The summed E-state index contributed by atoms with van der Waals surface area (Å²) in [6.07, 6.45) is 2.71. The van der Waals surface area contributed by atoms with Gasteiger partial charge in [-0.3, -0.25) is 9.89 Å². The molecule has 1 saturated carbocycles. The van der Waals surface area contributed by atoms with E-state index in [1.807, 2.05) is 18.2 Å². The molecule has 0 radical (unpaired) electrons. The highest BCUT2D eigenvalue weighted by Crippen LogP contribution is 2.25. The van der Waals surface area contributed by atoms with Crippen LogP contribution in [-0.4, -0.2) is 43.6 Å². The van der Waals surface area contributed by atoms with E-state index in [1.54, 1.807) is 7.05 Å². The predicted molar refractivity (Wildman–Crippen MR) is 89.9 cm³/mol. The van der Waals surface area contributed by atoms with Crippen LogP contribution in [0.2, 0.25) is 5.02 Å². The number of guanidine groups is 1. The van der Waals surface area contributed by atoms with E-state index in [1.165, 1.54) is 12.8 Å². The molecule has 0 saturated heterocycles. The van der Waals surface area contributed by atoms with Gasteiger partial charge in [-0.2, -0.15) is 0 Å². The highest BCUT2D eigenvalue weighted by Gasteiger charge is 2.27. The summed E-state index contributed by atoms with van der Waals surface area (Å²) in [5.41, 5.74) is 1.15. The molecule has 0 heterocycles. The number of likely N-dealkylation sites (N-methyl/N-ethyl adjacent to an activating group) is 1. The Morgan fingerprint density at radius 2 is 2.19 bits per heavy atom. The van der Waals surface area contributed by atoms with Crippen LogP contribution in [0.15, 0.2) is 29.3 Å². The van der Waals surface area contributed by atoms with Crippen molar-refractivity contribution in [3.63, 3.8) is 0 Å². The molecule has 5 heteroatoms. The first-order chi connectivity index (χ1) is 10.2. The highest BCUT2D eigenvalue weighted by molar-refractivity contribution is 6.30. The first-order valence-electron chi connectivity index (χ1n) is 7.66. The van der Waals surface area contributed by atoms with Gasteiger partial charge in [0, 0.05) is 37.7 Å². The summed E-state index contributed by atoms with van der Waals surface area (Å²) in [6.45, 7) is 6.06. The fourth-order valence-electron chi connectivity index (χ4n) is 2.41. The third kappa shape index (κ3) is 5.56. The number of rotatable bonds is 7. The highest BCUT2D eigenvalue weighted by atomic mass is 35.5. The summed E-state index contributed by atoms with van der Waals surface area (Å²) in [6, 6.07) is 8.68. The lowest BCUT2D eigenvalue weighted by molar-refractivity contribution is 0.282. The average Bonchev–Trinajstić information content (AvgIpc) is 3.31. The predicted octanol–water partition coefficient (Wildman–Crippen LogP) is 2.49. The molecule has 0 amide bonds. The minimum atomic E-state index is 0.723. The Kier molecular flexibility index (Phi) is 6.33. The van der Waals surface area contributed by atoms with Crippen LogP contribution >= 0.6 is 11.6 Å². The molecule has 0 aromatic heterocycles. The lowest BCUT2D eigenvalue weighted by Gasteiger charge is -2.20. The van der Waals surface area contributed by atoms with Crippen molar-refractivity contribution in [1.82, 2.24) is 15.5 Å². The summed E-state index contributed by atoms with van der Waals surface area (Å²) in [7, 11) is 1.80. The molecular formula is C16H25ClN4. The van der Waals surface area contributed by atoms with Crippen molar-refractivity contribution in [2.24, 2.45) is 4.99 Å². The van der Waals surface area contributed by atoms with Crippen molar-refractivity contribution < 1.29 is 0 Å². The maximum Gasteiger partial charge on any atom is 0.191 e. The third-order valence-corrected chi connectivity index (χ3v) is 3.97. The van der Waals surface area contributed by atoms with Crippen LogP contribution in [0.3, 0.4) is 0 Å². The number of hydrogen-bond acceptors (Lipinski definition) is 2. The second-order valence-corrected chi connectivity index (χ2v) is 5.78. The summed E-state index contributed by atoms with van der Waals surface area (Å²) in [5, 5.41) is 7.44. The van der Waals surface area contributed by atoms with E-state index in [0.29, 0.717) is 0 Å². The molecule has 0 aliphatic heterocycles. The number of nitrogens with zero attached hydrogens (tertiary/aromatic N) is 2. The molecule has 1 aliphatic carbocycles. The second-order valence-electron chi connectivity index (χ2n) is 5.34. The first-order valence-corrected chi connectivity index (χ1v) is 8.03. The Morgan fingerprint density at radius 3 is 2.81 bits per heavy atom. The van der Waals surface area contributed by atoms with E-state index in [4.69, 9.17) is 11.6 Å². The lowest BCUT2D eigenvalue weighted by atomic mass is 10.2. The van der Waals surface area contributed by atoms with E-state index in [-0.39, 0.29) is 0 Å². The summed E-state index contributed by atoms with van der Waals surface area (Å²) in [4.78, 5) is 6.78. The summed E-state index contributed by atoms with van der Waals surface area (Å²) < 4.78 is 0. The van der Waals surface area contributed by atoms with Gasteiger partial charge in [0.1, 0.15) is 0 Å². The normalized spacial score (nSPS) is 15.3. The number of halogens is 1. The Balaban J connectivity index is 1.70. The second kappa shape index (κ2) is 8.25. The van der Waals surface area contributed by atoms with E-state index < -0.39 is 0 Å². The standard InChI is InChI=1S/C16H25ClN4/c1-3-21(15-7-8-15)10-9-19-16(18-2)20-12-13-5-4-6-14(17)11-13/h4-6,11,15H,3,7-10,12H2,1-2H3,(H2,18,19,20). The Bertz CT molecular complexity index is 471. The SMILES string of the molecule is CCN(CCNC(=NC)NCc1cccc(Cl)c1)C1CC1. The Morgan fingerprint density at radius 1 is 1.38 bits per heavy atom. The van der Waals surface area contributed by atoms with Crippen LogP contribution in [0.4, 0.5) is 0 Å². The topological polar surface area (TPSA) is 39.7 Å². The molecular weight excluding hydrogens is 284 g/mol. The van der Waals surface area contributed by atoms with Crippen molar-refractivity contribution in [2.75, 3.05) is 26.7 Å². The van der Waals surface area contributed by atoms with Crippen molar-refractivity contribution in [1.29, 1.82) is 0 Å². The molecule has 21 heavy (non-hydrogen) atoms. The molecule has 4 nitrogen and oxygen atoms in total. The van der Waals surface area contributed by atoms with Crippen LogP contribution in [0.5, 0.6) is 0 Å². The molecule has 1 aliphatic rings. The number of aliphatic imine (C=N–C) groups is 1. The van der Waals surface area contributed by atoms with Gasteiger partial charge in [-0.15, -0.1) is 0 Å². The Labute approximate surface area is 132 Å². The smallest absolute Gasteiger partial charge is 0.191 e. The van der Waals surface area contributed by atoms with E-state index in [2.05, 4.69) is 33.5 Å². The quantitative estimate of drug-likeness (QED) is 0.600. The monoisotopic (exact) mass is 308 g/mol. The van der Waals surface area contributed by atoms with Gasteiger partial charge in [-0.05, 0) is 37.1 Å². The molecule has 0 bridgehead atoms. The number of hydrogen-bond donors (Lipinski definition) is 2. The zero-order valence-corrected chi connectivity index (χ0v) is 13.7. The molecule has 1 aromatic carbocycles. The maximum absolute atomic E-state index is 5.98. The first kappa shape index (κ1) is 16.1. The lowest BCUT2D eigenvalue weighted by Crippen LogP contribution is -2.41. The average molecular weight is 309 g/mol. The van der Waals surface area contributed by atoms with Crippen molar-refractivity contribution in [2.45, 2.75) is 32.4 Å². The summed E-state index contributed by atoms with van der Waals surface area (Å²) in [5.74, 6) is 0.835. The van der Waals surface area contributed by atoms with Gasteiger partial charge >= 0.3 is 0 Å². The van der Waals surface area contributed by atoms with Crippen molar-refractivity contribution in [3.8, 4) is 0 Å². The van der Waals surface area contributed by atoms with Gasteiger partial charge in [0.25, 0.3) is 0 Å². The van der Waals surface area contributed by atoms with Gasteiger partial charge in [-0.25, -0.2) is 0 Å². The largest absolute Gasteiger partial charge is 0.355 e. The number of benzene rings is 1.